The molecule has 3 heterocycles. The molecule has 1 saturated heterocycles. The van der Waals surface area contributed by atoms with Crippen molar-refractivity contribution in [2.45, 2.75) is 33.0 Å². The Morgan fingerprint density at radius 2 is 1.93 bits per heavy atom. The SMILES string of the molecule is COC(=O)c1cnc(N2CCN(c3nnc(Cl)c(C)c3C)CC2C)nc1C(F)(F)F. The Morgan fingerprint density at radius 1 is 1.23 bits per heavy atom. The summed E-state index contributed by atoms with van der Waals surface area (Å²) in [6.45, 7) is 6.91. The number of methoxy groups -OCH3 is 1. The molecule has 1 aliphatic heterocycles. The van der Waals surface area contributed by atoms with Gasteiger partial charge in [-0.3, -0.25) is 0 Å². The Kier molecular flexibility index (Phi) is 6.02. The van der Waals surface area contributed by atoms with Crippen LogP contribution in [0.1, 0.15) is 34.1 Å². The van der Waals surface area contributed by atoms with Gasteiger partial charge in [0, 0.05) is 31.9 Å². The number of carbonyl (C=O) groups excluding carboxylic acids is 1. The van der Waals surface area contributed by atoms with Crippen LogP contribution in [0.15, 0.2) is 6.20 Å². The van der Waals surface area contributed by atoms with Crippen molar-refractivity contribution >= 4 is 29.3 Å². The number of nitrogens with zero attached hydrogens (tertiary/aromatic N) is 6. The predicted octanol–water partition coefficient (Wildman–Crippen LogP) is 3.06. The summed E-state index contributed by atoms with van der Waals surface area (Å²) >= 11 is 6.01. The van der Waals surface area contributed by atoms with E-state index in [-0.39, 0.29) is 12.0 Å². The van der Waals surface area contributed by atoms with E-state index in [0.29, 0.717) is 30.6 Å². The zero-order valence-corrected chi connectivity index (χ0v) is 17.5. The van der Waals surface area contributed by atoms with Gasteiger partial charge in [-0.15, -0.1) is 10.2 Å². The van der Waals surface area contributed by atoms with Crippen molar-refractivity contribution in [2.75, 3.05) is 36.5 Å². The molecule has 1 atom stereocenters. The van der Waals surface area contributed by atoms with E-state index >= 15 is 0 Å². The fourth-order valence-corrected chi connectivity index (χ4v) is 3.48. The summed E-state index contributed by atoms with van der Waals surface area (Å²) in [6, 6.07) is -0.221. The molecule has 0 amide bonds. The van der Waals surface area contributed by atoms with Crippen LogP contribution in [-0.4, -0.2) is 58.9 Å². The van der Waals surface area contributed by atoms with Crippen molar-refractivity contribution in [1.29, 1.82) is 0 Å². The van der Waals surface area contributed by atoms with E-state index in [1.807, 2.05) is 25.7 Å². The first kappa shape index (κ1) is 22.0. The highest BCUT2D eigenvalue weighted by molar-refractivity contribution is 6.30. The third-order valence-electron chi connectivity index (χ3n) is 5.07. The molecule has 162 valence electrons. The molecule has 3 rings (SSSR count). The van der Waals surface area contributed by atoms with Gasteiger partial charge in [0.2, 0.25) is 5.95 Å². The van der Waals surface area contributed by atoms with Gasteiger partial charge in [-0.25, -0.2) is 14.8 Å². The maximum atomic E-state index is 13.4. The van der Waals surface area contributed by atoms with Gasteiger partial charge >= 0.3 is 12.1 Å². The van der Waals surface area contributed by atoms with Crippen LogP contribution in [0.2, 0.25) is 5.15 Å². The molecule has 8 nitrogen and oxygen atoms in total. The number of carbonyl (C=O) groups is 1. The van der Waals surface area contributed by atoms with E-state index < -0.39 is 23.4 Å². The third kappa shape index (κ3) is 4.11. The third-order valence-corrected chi connectivity index (χ3v) is 5.43. The number of rotatable bonds is 3. The van der Waals surface area contributed by atoms with E-state index in [4.69, 9.17) is 11.6 Å². The molecular weight excluding hydrogens is 425 g/mol. The number of esters is 1. The summed E-state index contributed by atoms with van der Waals surface area (Å²) in [6.07, 6.45) is -3.96. The molecule has 1 aliphatic rings. The summed E-state index contributed by atoms with van der Waals surface area (Å²) in [4.78, 5) is 23.0. The second-order valence-corrected chi connectivity index (χ2v) is 7.33. The fourth-order valence-electron chi connectivity index (χ4n) is 3.30. The van der Waals surface area contributed by atoms with Crippen molar-refractivity contribution in [3.63, 3.8) is 0 Å². The van der Waals surface area contributed by atoms with Gasteiger partial charge in [0.05, 0.1) is 7.11 Å². The van der Waals surface area contributed by atoms with Crippen molar-refractivity contribution < 1.29 is 22.7 Å². The van der Waals surface area contributed by atoms with E-state index in [1.165, 1.54) is 0 Å². The van der Waals surface area contributed by atoms with Crippen LogP contribution in [-0.2, 0) is 10.9 Å². The molecule has 30 heavy (non-hydrogen) atoms. The molecule has 0 bridgehead atoms. The van der Waals surface area contributed by atoms with Crippen LogP contribution < -0.4 is 9.80 Å². The molecule has 2 aromatic rings. The van der Waals surface area contributed by atoms with Crippen LogP contribution in [0, 0.1) is 13.8 Å². The summed E-state index contributed by atoms with van der Waals surface area (Å²) in [5.74, 6) is -0.558. The highest BCUT2D eigenvalue weighted by atomic mass is 35.5. The number of alkyl halides is 3. The lowest BCUT2D eigenvalue weighted by atomic mass is 10.1. The Labute approximate surface area is 176 Å². The van der Waals surface area contributed by atoms with Gasteiger partial charge in [-0.1, -0.05) is 11.6 Å². The van der Waals surface area contributed by atoms with Crippen LogP contribution in [0.25, 0.3) is 0 Å². The number of ether oxygens (including phenoxy) is 1. The highest BCUT2D eigenvalue weighted by Gasteiger charge is 2.39. The summed E-state index contributed by atoms with van der Waals surface area (Å²) in [7, 11) is 1.00. The average molecular weight is 445 g/mol. The first-order valence-electron chi connectivity index (χ1n) is 9.08. The number of piperazine rings is 1. The van der Waals surface area contributed by atoms with Crippen molar-refractivity contribution in [1.82, 2.24) is 20.2 Å². The van der Waals surface area contributed by atoms with Gasteiger partial charge < -0.3 is 14.5 Å². The second-order valence-electron chi connectivity index (χ2n) is 6.97. The van der Waals surface area contributed by atoms with Crippen LogP contribution in [0.4, 0.5) is 24.9 Å². The molecule has 0 N–H and O–H groups in total. The van der Waals surface area contributed by atoms with Crippen LogP contribution in [0.5, 0.6) is 0 Å². The fraction of sp³-hybridized carbons (Fsp3) is 0.500. The number of aromatic nitrogens is 4. The zero-order chi connectivity index (χ0) is 22.2. The quantitative estimate of drug-likeness (QED) is 0.668. The Bertz CT molecular complexity index is 972. The highest BCUT2D eigenvalue weighted by Crippen LogP contribution is 2.32. The first-order chi connectivity index (χ1) is 14.0. The molecule has 0 saturated carbocycles. The molecule has 1 fully saturated rings. The van der Waals surface area contributed by atoms with Crippen molar-refractivity contribution in [3.05, 3.63) is 33.7 Å². The normalized spacial score (nSPS) is 17.3. The lowest BCUT2D eigenvalue weighted by Gasteiger charge is -2.40. The zero-order valence-electron chi connectivity index (χ0n) is 16.8. The minimum atomic E-state index is -4.82. The number of hydrogen-bond donors (Lipinski definition) is 0. The topological polar surface area (TPSA) is 84.3 Å². The Hall–Kier alpha value is -2.69. The average Bonchev–Trinajstić information content (AvgIpc) is 2.70. The molecule has 0 spiro atoms. The Morgan fingerprint density at radius 3 is 2.53 bits per heavy atom. The van der Waals surface area contributed by atoms with Gasteiger partial charge in [0.1, 0.15) is 5.56 Å². The maximum Gasteiger partial charge on any atom is 0.434 e. The van der Waals surface area contributed by atoms with Crippen LogP contribution >= 0.6 is 11.6 Å². The molecule has 12 heteroatoms. The van der Waals surface area contributed by atoms with Crippen LogP contribution in [0.3, 0.4) is 0 Å². The predicted molar refractivity (Wildman–Crippen MR) is 104 cm³/mol. The summed E-state index contributed by atoms with van der Waals surface area (Å²) in [5.41, 5.74) is -0.311. The van der Waals surface area contributed by atoms with Crippen molar-refractivity contribution in [2.24, 2.45) is 0 Å². The molecule has 0 radical (unpaired) electrons. The number of anilines is 2. The molecular formula is C18H20ClF3N6O2. The van der Waals surface area contributed by atoms with Gasteiger partial charge in [0.15, 0.2) is 16.7 Å². The Balaban J connectivity index is 1.87. The standard InChI is InChI=1S/C18H20ClF3N6O2/c1-9-8-27(15-11(3)10(2)14(19)25-26-15)5-6-28(9)17-23-7-12(16(29)30-4)13(24-17)18(20,21)22/h7,9H,5-6,8H2,1-4H3. The first-order valence-corrected chi connectivity index (χ1v) is 9.45. The molecule has 2 aromatic heterocycles. The van der Waals surface area contributed by atoms with E-state index in [1.54, 1.807) is 4.90 Å². The van der Waals surface area contributed by atoms with E-state index in [9.17, 15) is 18.0 Å². The lowest BCUT2D eigenvalue weighted by molar-refractivity contribution is -0.141. The van der Waals surface area contributed by atoms with Gasteiger partial charge in [-0.05, 0) is 31.9 Å². The monoisotopic (exact) mass is 444 g/mol. The van der Waals surface area contributed by atoms with E-state index in [0.717, 1.165) is 24.4 Å². The maximum absolute atomic E-state index is 13.4. The van der Waals surface area contributed by atoms with Gasteiger partial charge in [0.25, 0.3) is 0 Å². The molecule has 0 aromatic carbocycles. The number of halogens is 4. The van der Waals surface area contributed by atoms with Crippen molar-refractivity contribution in [3.8, 4) is 0 Å². The molecule has 1 unspecified atom stereocenters. The number of hydrogen-bond acceptors (Lipinski definition) is 8. The minimum Gasteiger partial charge on any atom is -0.465 e. The summed E-state index contributed by atoms with van der Waals surface area (Å²) < 4.78 is 44.7. The van der Waals surface area contributed by atoms with E-state index in [2.05, 4.69) is 24.9 Å². The smallest absolute Gasteiger partial charge is 0.434 e. The molecule has 0 aliphatic carbocycles. The minimum absolute atomic E-state index is 0.0998. The largest absolute Gasteiger partial charge is 0.465 e. The van der Waals surface area contributed by atoms with Gasteiger partial charge in [-0.2, -0.15) is 13.2 Å². The summed E-state index contributed by atoms with van der Waals surface area (Å²) in [5, 5.41) is 8.47. The lowest BCUT2D eigenvalue weighted by Crippen LogP contribution is -2.53. The second kappa shape index (κ2) is 8.21.